The first-order valence-corrected chi connectivity index (χ1v) is 7.82. The first-order chi connectivity index (χ1) is 11.8. The number of nitrogens with one attached hydrogen (secondary N) is 2. The number of amides is 4. The third kappa shape index (κ3) is 5.13. The minimum atomic E-state index is -0.564. The van der Waals surface area contributed by atoms with Crippen LogP contribution < -0.4 is 20.7 Å². The first-order valence-electron chi connectivity index (χ1n) is 7.04. The summed E-state index contributed by atoms with van der Waals surface area (Å²) in [6.45, 7) is 1.37. The van der Waals surface area contributed by atoms with Crippen LogP contribution in [0.15, 0.2) is 42.5 Å². The average molecular weight is 379 g/mol. The molecule has 2 rings (SSSR count). The van der Waals surface area contributed by atoms with Crippen LogP contribution in [0.5, 0.6) is 0 Å². The molecule has 0 aliphatic heterocycles. The fourth-order valence-electron chi connectivity index (χ4n) is 2.00. The second kappa shape index (κ2) is 7.91. The lowest BCUT2D eigenvalue weighted by Gasteiger charge is -2.17. The van der Waals surface area contributed by atoms with E-state index in [1.54, 1.807) is 12.1 Å². The fraction of sp³-hybridized carbons (Fsp3) is 0.0625. The minimum absolute atomic E-state index is 0.259. The van der Waals surface area contributed by atoms with Crippen LogP contribution in [0.2, 0.25) is 5.02 Å². The summed E-state index contributed by atoms with van der Waals surface area (Å²) < 4.78 is 1.06. The number of hydrogen-bond acceptors (Lipinski definition) is 4. The summed E-state index contributed by atoms with van der Waals surface area (Å²) >= 11 is 10.1. The lowest BCUT2D eigenvalue weighted by atomic mass is 10.2. The molecular formula is C16H15ClN4O3S. The average Bonchev–Trinajstić information content (AvgIpc) is 2.52. The quantitative estimate of drug-likeness (QED) is 0.613. The summed E-state index contributed by atoms with van der Waals surface area (Å²) in [7, 11) is 0. The lowest BCUT2D eigenvalue weighted by Crippen LogP contribution is -2.26. The van der Waals surface area contributed by atoms with Gasteiger partial charge in [0.25, 0.3) is 0 Å². The van der Waals surface area contributed by atoms with E-state index in [0.717, 1.165) is 4.31 Å². The lowest BCUT2D eigenvalue weighted by molar-refractivity contribution is -0.114. The van der Waals surface area contributed by atoms with Crippen molar-refractivity contribution in [3.63, 3.8) is 0 Å². The number of urea groups is 1. The van der Waals surface area contributed by atoms with E-state index in [1.165, 1.54) is 37.3 Å². The van der Waals surface area contributed by atoms with E-state index in [4.69, 9.17) is 17.3 Å². The van der Waals surface area contributed by atoms with Crippen LogP contribution in [0.3, 0.4) is 0 Å². The van der Waals surface area contributed by atoms with Crippen molar-refractivity contribution in [1.82, 2.24) is 0 Å². The van der Waals surface area contributed by atoms with Crippen LogP contribution in [0, 0.1) is 0 Å². The number of anilines is 3. The van der Waals surface area contributed by atoms with E-state index in [-0.39, 0.29) is 5.91 Å². The van der Waals surface area contributed by atoms with Gasteiger partial charge in [0.15, 0.2) is 0 Å². The topological polar surface area (TPSA) is 105 Å². The monoisotopic (exact) mass is 378 g/mol. The number of halogens is 1. The number of thiol groups is 1. The summed E-state index contributed by atoms with van der Waals surface area (Å²) in [4.78, 5) is 34.5. The van der Waals surface area contributed by atoms with Crippen LogP contribution in [-0.4, -0.2) is 17.8 Å². The molecule has 0 radical (unpaired) electrons. The van der Waals surface area contributed by atoms with Gasteiger partial charge in [-0.2, -0.15) is 0 Å². The van der Waals surface area contributed by atoms with Crippen molar-refractivity contribution in [3.05, 3.63) is 53.1 Å². The van der Waals surface area contributed by atoms with Gasteiger partial charge in [-0.15, -0.1) is 0 Å². The predicted molar refractivity (Wildman–Crippen MR) is 101 cm³/mol. The molecule has 7 nitrogen and oxygen atoms in total. The van der Waals surface area contributed by atoms with Gasteiger partial charge in [0.2, 0.25) is 11.8 Å². The van der Waals surface area contributed by atoms with Crippen LogP contribution in [-0.2, 0) is 4.79 Å². The zero-order valence-electron chi connectivity index (χ0n) is 13.1. The van der Waals surface area contributed by atoms with Crippen molar-refractivity contribution in [2.45, 2.75) is 6.92 Å². The van der Waals surface area contributed by atoms with Crippen LogP contribution >= 0.6 is 24.4 Å². The van der Waals surface area contributed by atoms with E-state index in [2.05, 4.69) is 23.4 Å². The molecule has 4 amide bonds. The van der Waals surface area contributed by atoms with Gasteiger partial charge in [0.05, 0.1) is 5.69 Å². The van der Waals surface area contributed by atoms with E-state index in [1.807, 2.05) is 0 Å². The number of primary amides is 1. The second-order valence-corrected chi connectivity index (χ2v) is 5.90. The van der Waals surface area contributed by atoms with Gasteiger partial charge in [-0.05, 0) is 42.5 Å². The highest BCUT2D eigenvalue weighted by molar-refractivity contribution is 7.82. The molecule has 0 saturated heterocycles. The highest BCUT2D eigenvalue weighted by Gasteiger charge is 2.14. The normalized spacial score (nSPS) is 10.0. The van der Waals surface area contributed by atoms with Gasteiger partial charge in [-0.1, -0.05) is 24.4 Å². The van der Waals surface area contributed by atoms with Crippen LogP contribution in [0.4, 0.5) is 21.9 Å². The molecule has 0 unspecified atom stereocenters. The maximum absolute atomic E-state index is 12.3. The van der Waals surface area contributed by atoms with E-state index in [9.17, 15) is 14.4 Å². The molecule has 0 saturated carbocycles. The standard InChI is InChI=1S/C16H15ClN4O3S/c1-9(22)19-12-6-11(17)7-13(8-12)20-16(24)21(25)14-4-2-10(3-5-14)15(18)23/h2-8,25H,1H3,(H2,18,23)(H,19,22)(H,20,24). The predicted octanol–water partition coefficient (Wildman–Crippen LogP) is 3.28. The maximum Gasteiger partial charge on any atom is 0.336 e. The molecule has 0 fully saturated rings. The van der Waals surface area contributed by atoms with Crippen molar-refractivity contribution in [1.29, 1.82) is 0 Å². The minimum Gasteiger partial charge on any atom is -0.366 e. The summed E-state index contributed by atoms with van der Waals surface area (Å²) in [6, 6.07) is 10.1. The fourth-order valence-corrected chi connectivity index (χ4v) is 2.42. The third-order valence-corrected chi connectivity index (χ3v) is 3.69. The summed E-state index contributed by atoms with van der Waals surface area (Å²) in [5, 5.41) is 5.55. The number of carbonyl (C=O) groups excluding carboxylic acids is 3. The first kappa shape index (κ1) is 18.6. The Balaban J connectivity index is 2.14. The molecule has 2 aromatic carbocycles. The van der Waals surface area contributed by atoms with Gasteiger partial charge in [0, 0.05) is 28.9 Å². The van der Waals surface area contributed by atoms with Gasteiger partial charge in [0.1, 0.15) is 0 Å². The SMILES string of the molecule is CC(=O)Nc1cc(Cl)cc(NC(=O)N(S)c2ccc(C(N)=O)cc2)c1. The number of hydrogen-bond donors (Lipinski definition) is 4. The number of nitrogens with zero attached hydrogens (tertiary/aromatic N) is 1. The van der Waals surface area contributed by atoms with Gasteiger partial charge in [-0.3, -0.25) is 9.59 Å². The number of benzene rings is 2. The zero-order valence-corrected chi connectivity index (χ0v) is 14.8. The molecule has 130 valence electrons. The number of carbonyl (C=O) groups is 3. The summed E-state index contributed by atoms with van der Waals surface area (Å²) in [6.07, 6.45) is 0. The molecule has 0 aliphatic carbocycles. The van der Waals surface area contributed by atoms with Crippen molar-refractivity contribution in [2.24, 2.45) is 5.73 Å². The van der Waals surface area contributed by atoms with Gasteiger partial charge in [-0.25, -0.2) is 9.10 Å². The van der Waals surface area contributed by atoms with Gasteiger partial charge >= 0.3 is 6.03 Å². The summed E-state index contributed by atoms with van der Waals surface area (Å²) in [5.74, 6) is -0.823. The molecule has 0 aromatic heterocycles. The van der Waals surface area contributed by atoms with E-state index >= 15 is 0 Å². The Labute approximate surface area is 154 Å². The van der Waals surface area contributed by atoms with E-state index in [0.29, 0.717) is 27.6 Å². The Morgan fingerprint density at radius 2 is 1.60 bits per heavy atom. The Morgan fingerprint density at radius 1 is 1.04 bits per heavy atom. The molecular weight excluding hydrogens is 364 g/mol. The zero-order chi connectivity index (χ0) is 18.6. The molecule has 25 heavy (non-hydrogen) atoms. The van der Waals surface area contributed by atoms with Crippen molar-refractivity contribution >= 4 is 59.3 Å². The molecule has 0 bridgehead atoms. The van der Waals surface area contributed by atoms with Crippen LogP contribution in [0.25, 0.3) is 0 Å². The molecule has 0 aliphatic rings. The molecule has 0 heterocycles. The van der Waals surface area contributed by atoms with E-state index < -0.39 is 11.9 Å². The number of nitrogens with two attached hydrogens (primary N) is 1. The van der Waals surface area contributed by atoms with Gasteiger partial charge < -0.3 is 16.4 Å². The number of rotatable bonds is 4. The van der Waals surface area contributed by atoms with Crippen molar-refractivity contribution in [2.75, 3.05) is 14.9 Å². The molecule has 4 N–H and O–H groups in total. The Kier molecular flexibility index (Phi) is 5.89. The molecule has 2 aromatic rings. The molecule has 0 atom stereocenters. The highest BCUT2D eigenvalue weighted by atomic mass is 35.5. The highest BCUT2D eigenvalue weighted by Crippen LogP contribution is 2.24. The Morgan fingerprint density at radius 3 is 2.12 bits per heavy atom. The second-order valence-electron chi connectivity index (χ2n) is 5.06. The molecule has 0 spiro atoms. The largest absolute Gasteiger partial charge is 0.366 e. The third-order valence-electron chi connectivity index (χ3n) is 3.06. The smallest absolute Gasteiger partial charge is 0.336 e. The Bertz CT molecular complexity index is 827. The maximum atomic E-state index is 12.3. The Hall–Kier alpha value is -2.71. The van der Waals surface area contributed by atoms with Crippen molar-refractivity contribution < 1.29 is 14.4 Å². The molecule has 9 heteroatoms. The van der Waals surface area contributed by atoms with Crippen LogP contribution in [0.1, 0.15) is 17.3 Å². The summed E-state index contributed by atoms with van der Waals surface area (Å²) in [5.41, 5.74) is 6.77. The van der Waals surface area contributed by atoms with Crippen molar-refractivity contribution in [3.8, 4) is 0 Å².